The number of carboxylic acid groups (broad SMARTS) is 1. The van der Waals surface area contributed by atoms with Gasteiger partial charge in [0, 0.05) is 20.1 Å². The first-order valence-electron chi connectivity index (χ1n) is 8.80. The molecule has 3 rings (SSSR count). The fraction of sp³-hybridized carbons (Fsp3) is 0.526. The van der Waals surface area contributed by atoms with Gasteiger partial charge in [0.2, 0.25) is 11.8 Å². The minimum Gasteiger partial charge on any atom is -0.481 e. The summed E-state index contributed by atoms with van der Waals surface area (Å²) in [5, 5.41) is 9.03. The molecule has 1 heterocycles. The van der Waals surface area contributed by atoms with Gasteiger partial charge in [0.05, 0.1) is 18.4 Å². The number of hydrogen-bond donors (Lipinski definition) is 1. The molecule has 0 bridgehead atoms. The molecule has 134 valence electrons. The molecule has 6 heteroatoms. The lowest BCUT2D eigenvalue weighted by molar-refractivity contribution is -0.146. The predicted molar refractivity (Wildman–Crippen MR) is 92.1 cm³/mol. The molecule has 1 saturated heterocycles. The largest absolute Gasteiger partial charge is 0.481 e. The van der Waals surface area contributed by atoms with Crippen LogP contribution in [0.3, 0.4) is 0 Å². The van der Waals surface area contributed by atoms with E-state index >= 15 is 0 Å². The first-order valence-corrected chi connectivity index (χ1v) is 8.80. The number of benzene rings is 1. The number of hydrogen-bond acceptors (Lipinski definition) is 3. The molecule has 1 aromatic carbocycles. The minimum absolute atomic E-state index is 0.0151. The summed E-state index contributed by atoms with van der Waals surface area (Å²) in [6.07, 6.45) is 2.65. The van der Waals surface area contributed by atoms with Crippen LogP contribution in [0, 0.1) is 5.92 Å². The Bertz CT molecular complexity index is 680. The van der Waals surface area contributed by atoms with Crippen LogP contribution in [0.2, 0.25) is 0 Å². The molecule has 1 unspecified atom stereocenters. The van der Waals surface area contributed by atoms with Crippen LogP contribution in [0.4, 0.5) is 0 Å². The van der Waals surface area contributed by atoms with Gasteiger partial charge in [0.1, 0.15) is 0 Å². The van der Waals surface area contributed by atoms with Crippen LogP contribution in [0.25, 0.3) is 0 Å². The predicted octanol–water partition coefficient (Wildman–Crippen LogP) is 1.50. The van der Waals surface area contributed by atoms with Gasteiger partial charge in [-0.1, -0.05) is 24.3 Å². The van der Waals surface area contributed by atoms with E-state index in [1.165, 1.54) is 10.5 Å². The molecule has 6 nitrogen and oxygen atoms in total. The number of aliphatic carboxylic acids is 1. The van der Waals surface area contributed by atoms with Gasteiger partial charge in [-0.15, -0.1) is 0 Å². The van der Waals surface area contributed by atoms with Crippen LogP contribution in [0.1, 0.15) is 36.3 Å². The number of fused-ring (bicyclic) bond motifs is 1. The number of piperidine rings is 1. The number of carboxylic acids is 1. The van der Waals surface area contributed by atoms with Gasteiger partial charge < -0.3 is 14.9 Å². The quantitative estimate of drug-likeness (QED) is 0.898. The summed E-state index contributed by atoms with van der Waals surface area (Å²) in [5.74, 6) is -1.44. The van der Waals surface area contributed by atoms with E-state index in [1.54, 1.807) is 11.9 Å². The number of aryl methyl sites for hydroxylation is 1. The number of rotatable bonds is 4. The zero-order chi connectivity index (χ0) is 18.0. The Hall–Kier alpha value is -2.37. The summed E-state index contributed by atoms with van der Waals surface area (Å²) in [6, 6.07) is 7.99. The number of likely N-dealkylation sites (tertiary alicyclic amines) is 1. The van der Waals surface area contributed by atoms with Crippen molar-refractivity contribution in [2.75, 3.05) is 26.7 Å². The maximum atomic E-state index is 12.7. The van der Waals surface area contributed by atoms with Crippen LogP contribution in [0.5, 0.6) is 0 Å². The zero-order valence-electron chi connectivity index (χ0n) is 14.5. The standard InChI is InChI=1S/C19H24N2O4/c1-20(12-17(22)21-10-8-14(9-11-21)19(24)25)18(23)16-7-6-13-4-2-3-5-15(13)16/h2-5,14,16H,6-12H2,1H3,(H,24,25). The maximum absolute atomic E-state index is 12.7. The second-order valence-corrected chi connectivity index (χ2v) is 6.98. The Balaban J connectivity index is 1.56. The van der Waals surface area contributed by atoms with Gasteiger partial charge in [0.15, 0.2) is 0 Å². The van der Waals surface area contributed by atoms with Gasteiger partial charge in [-0.2, -0.15) is 0 Å². The van der Waals surface area contributed by atoms with Gasteiger partial charge in [-0.05, 0) is 36.8 Å². The molecule has 25 heavy (non-hydrogen) atoms. The van der Waals surface area contributed by atoms with Crippen molar-refractivity contribution in [3.63, 3.8) is 0 Å². The lowest BCUT2D eigenvalue weighted by atomic mass is 9.97. The van der Waals surface area contributed by atoms with Crippen LogP contribution in [0.15, 0.2) is 24.3 Å². The summed E-state index contributed by atoms with van der Waals surface area (Å²) >= 11 is 0. The summed E-state index contributed by atoms with van der Waals surface area (Å²) < 4.78 is 0. The monoisotopic (exact) mass is 344 g/mol. The third-order valence-electron chi connectivity index (χ3n) is 5.38. The van der Waals surface area contributed by atoms with E-state index in [0.717, 1.165) is 18.4 Å². The van der Waals surface area contributed by atoms with E-state index in [9.17, 15) is 14.4 Å². The lowest BCUT2D eigenvalue weighted by Gasteiger charge is -2.32. The highest BCUT2D eigenvalue weighted by Crippen LogP contribution is 2.34. The van der Waals surface area contributed by atoms with Crippen LogP contribution < -0.4 is 0 Å². The van der Waals surface area contributed by atoms with Crippen LogP contribution >= 0.6 is 0 Å². The molecule has 2 amide bonds. The molecule has 2 aliphatic rings. The molecule has 1 fully saturated rings. The van der Waals surface area contributed by atoms with E-state index in [1.807, 2.05) is 18.2 Å². The van der Waals surface area contributed by atoms with E-state index in [4.69, 9.17) is 5.11 Å². The van der Waals surface area contributed by atoms with E-state index in [2.05, 4.69) is 6.07 Å². The van der Waals surface area contributed by atoms with Crippen molar-refractivity contribution in [2.24, 2.45) is 5.92 Å². The Morgan fingerprint density at radius 2 is 1.84 bits per heavy atom. The zero-order valence-corrected chi connectivity index (χ0v) is 14.5. The fourth-order valence-corrected chi connectivity index (χ4v) is 3.84. The summed E-state index contributed by atoms with van der Waals surface area (Å²) in [7, 11) is 1.67. The number of likely N-dealkylation sites (N-methyl/N-ethyl adjacent to an activating group) is 1. The fourth-order valence-electron chi connectivity index (χ4n) is 3.84. The first-order chi connectivity index (χ1) is 12.0. The smallest absolute Gasteiger partial charge is 0.306 e. The van der Waals surface area contributed by atoms with Gasteiger partial charge >= 0.3 is 5.97 Å². The summed E-state index contributed by atoms with van der Waals surface area (Å²) in [4.78, 5) is 39.4. The van der Waals surface area contributed by atoms with Crippen molar-refractivity contribution in [1.82, 2.24) is 9.80 Å². The molecule has 1 N–H and O–H groups in total. The molecule has 1 aromatic rings. The van der Waals surface area contributed by atoms with E-state index in [0.29, 0.717) is 25.9 Å². The van der Waals surface area contributed by atoms with E-state index in [-0.39, 0.29) is 30.2 Å². The Morgan fingerprint density at radius 3 is 2.52 bits per heavy atom. The average molecular weight is 344 g/mol. The normalized spacial score (nSPS) is 20.2. The lowest BCUT2D eigenvalue weighted by Crippen LogP contribution is -2.46. The van der Waals surface area contributed by atoms with E-state index < -0.39 is 5.97 Å². The molecule has 0 saturated carbocycles. The van der Waals surface area contributed by atoms with Crippen molar-refractivity contribution in [3.05, 3.63) is 35.4 Å². The van der Waals surface area contributed by atoms with Crippen molar-refractivity contribution in [1.29, 1.82) is 0 Å². The molecule has 0 radical (unpaired) electrons. The number of amides is 2. The third-order valence-corrected chi connectivity index (χ3v) is 5.38. The topological polar surface area (TPSA) is 77.9 Å². The second kappa shape index (κ2) is 7.25. The van der Waals surface area contributed by atoms with Crippen LogP contribution in [-0.2, 0) is 20.8 Å². The van der Waals surface area contributed by atoms with Crippen molar-refractivity contribution < 1.29 is 19.5 Å². The van der Waals surface area contributed by atoms with Crippen LogP contribution in [-0.4, -0.2) is 59.4 Å². The maximum Gasteiger partial charge on any atom is 0.306 e. The van der Waals surface area contributed by atoms with Gasteiger partial charge in [-0.25, -0.2) is 0 Å². The highest BCUT2D eigenvalue weighted by Gasteiger charge is 2.32. The first kappa shape index (κ1) is 17.5. The number of carbonyl (C=O) groups is 3. The molecular formula is C19H24N2O4. The van der Waals surface area contributed by atoms with Crippen molar-refractivity contribution in [3.8, 4) is 0 Å². The van der Waals surface area contributed by atoms with Gasteiger partial charge in [-0.3, -0.25) is 14.4 Å². The van der Waals surface area contributed by atoms with Gasteiger partial charge in [0.25, 0.3) is 0 Å². The van der Waals surface area contributed by atoms with Crippen molar-refractivity contribution in [2.45, 2.75) is 31.6 Å². The minimum atomic E-state index is -0.792. The molecular weight excluding hydrogens is 320 g/mol. The SMILES string of the molecule is CN(CC(=O)N1CCC(C(=O)O)CC1)C(=O)C1CCc2ccccc21. The number of carbonyl (C=O) groups excluding carboxylic acids is 2. The summed E-state index contributed by atoms with van der Waals surface area (Å²) in [5.41, 5.74) is 2.30. The Morgan fingerprint density at radius 1 is 1.16 bits per heavy atom. The number of nitrogens with zero attached hydrogens (tertiary/aromatic N) is 2. The molecule has 1 aliphatic carbocycles. The highest BCUT2D eigenvalue weighted by atomic mass is 16.4. The average Bonchev–Trinajstić information content (AvgIpc) is 3.05. The summed E-state index contributed by atoms with van der Waals surface area (Å²) in [6.45, 7) is 0.948. The molecule has 0 aromatic heterocycles. The second-order valence-electron chi connectivity index (χ2n) is 6.98. The third kappa shape index (κ3) is 3.67. The molecule has 0 spiro atoms. The van der Waals surface area contributed by atoms with Crippen molar-refractivity contribution >= 4 is 17.8 Å². The Kier molecular flexibility index (Phi) is 5.06. The molecule has 1 aliphatic heterocycles. The Labute approximate surface area is 147 Å². The highest BCUT2D eigenvalue weighted by molar-refractivity contribution is 5.89. The molecule has 1 atom stereocenters.